The van der Waals surface area contributed by atoms with E-state index < -0.39 is 0 Å². The van der Waals surface area contributed by atoms with Crippen LogP contribution in [-0.2, 0) is 0 Å². The molecule has 2 aliphatic heterocycles. The van der Waals surface area contributed by atoms with Crippen LogP contribution in [0.4, 0.5) is 5.82 Å². The van der Waals surface area contributed by atoms with Gasteiger partial charge in [0, 0.05) is 31.7 Å². The molecule has 0 unspecified atom stereocenters. The first-order valence-electron chi connectivity index (χ1n) is 6.45. The molecule has 0 bridgehead atoms. The summed E-state index contributed by atoms with van der Waals surface area (Å²) in [6.45, 7) is 2.33. The Bertz CT molecular complexity index is 640. The maximum atomic E-state index is 5.46. The lowest BCUT2D eigenvalue weighted by molar-refractivity contribution is 0.174. The van der Waals surface area contributed by atoms with E-state index in [0.29, 0.717) is 12.8 Å². The number of aromatic nitrogens is 1. The fourth-order valence-electron chi connectivity index (χ4n) is 2.55. The van der Waals surface area contributed by atoms with E-state index in [1.54, 1.807) is 0 Å². The maximum absolute atomic E-state index is 5.46. The summed E-state index contributed by atoms with van der Waals surface area (Å²) in [5.74, 6) is 2.63. The largest absolute Gasteiger partial charge is 0.454 e. The van der Waals surface area contributed by atoms with Gasteiger partial charge in [-0.2, -0.15) is 0 Å². The van der Waals surface area contributed by atoms with Crippen molar-refractivity contribution in [2.24, 2.45) is 0 Å². The number of likely N-dealkylation sites (N-methyl/N-ethyl adjacent to an activating group) is 1. The number of ether oxygens (including phenoxy) is 2. The van der Waals surface area contributed by atoms with Crippen molar-refractivity contribution in [2.45, 2.75) is 6.04 Å². The van der Waals surface area contributed by atoms with Gasteiger partial charge in [0.2, 0.25) is 6.79 Å². The van der Waals surface area contributed by atoms with Gasteiger partial charge in [-0.1, -0.05) is 0 Å². The van der Waals surface area contributed by atoms with Crippen LogP contribution < -0.4 is 19.7 Å². The van der Waals surface area contributed by atoms with Gasteiger partial charge in [0.25, 0.3) is 0 Å². The van der Waals surface area contributed by atoms with Gasteiger partial charge in [0.15, 0.2) is 11.5 Å². The number of hydrogen-bond donors (Lipinski definition) is 1. The Morgan fingerprint density at radius 1 is 1.26 bits per heavy atom. The van der Waals surface area contributed by atoms with E-state index in [1.165, 1.54) is 0 Å². The molecule has 0 aliphatic carbocycles. The van der Waals surface area contributed by atoms with E-state index in [1.807, 2.05) is 24.4 Å². The van der Waals surface area contributed by atoms with Crippen molar-refractivity contribution < 1.29 is 9.47 Å². The molecule has 0 amide bonds. The van der Waals surface area contributed by atoms with Crippen molar-refractivity contribution in [3.63, 3.8) is 0 Å². The Labute approximate surface area is 111 Å². The van der Waals surface area contributed by atoms with Crippen LogP contribution in [0.15, 0.2) is 24.4 Å². The molecule has 1 aromatic heterocycles. The molecule has 0 radical (unpaired) electrons. The Hall–Kier alpha value is -2.01. The Morgan fingerprint density at radius 2 is 2.05 bits per heavy atom. The third kappa shape index (κ3) is 1.62. The molecule has 98 valence electrons. The van der Waals surface area contributed by atoms with Crippen LogP contribution in [0.2, 0.25) is 0 Å². The van der Waals surface area contributed by atoms with Crippen LogP contribution in [0.3, 0.4) is 0 Å². The van der Waals surface area contributed by atoms with Gasteiger partial charge < -0.3 is 19.7 Å². The van der Waals surface area contributed by atoms with E-state index in [0.717, 1.165) is 41.2 Å². The van der Waals surface area contributed by atoms with Gasteiger partial charge in [-0.05, 0) is 23.6 Å². The summed E-state index contributed by atoms with van der Waals surface area (Å²) in [5, 5.41) is 5.53. The third-order valence-electron chi connectivity index (χ3n) is 3.88. The molecular weight excluding hydrogens is 242 g/mol. The average molecular weight is 257 g/mol. The minimum atomic E-state index is 0.302. The van der Waals surface area contributed by atoms with E-state index in [2.05, 4.69) is 22.2 Å². The van der Waals surface area contributed by atoms with Crippen molar-refractivity contribution in [1.82, 2.24) is 10.3 Å². The van der Waals surface area contributed by atoms with Crippen molar-refractivity contribution in [3.05, 3.63) is 24.4 Å². The second-order valence-corrected chi connectivity index (χ2v) is 4.98. The molecule has 3 heterocycles. The Balaban J connectivity index is 1.86. The first-order valence-corrected chi connectivity index (χ1v) is 6.45. The molecule has 0 atom stereocenters. The molecule has 4 rings (SSSR count). The molecular formula is C14H15N3O2. The molecule has 2 aliphatic rings. The van der Waals surface area contributed by atoms with Crippen molar-refractivity contribution in [2.75, 3.05) is 31.8 Å². The highest BCUT2D eigenvalue weighted by Gasteiger charge is 2.24. The zero-order valence-corrected chi connectivity index (χ0v) is 10.7. The Kier molecular flexibility index (Phi) is 2.29. The molecule has 1 saturated heterocycles. The summed E-state index contributed by atoms with van der Waals surface area (Å²) >= 11 is 0. The SMILES string of the molecule is CN(c1nccc2cc3c(cc12)OCO3)C1CNC1. The molecule has 2 aromatic rings. The molecule has 1 N–H and O–H groups in total. The second kappa shape index (κ2) is 3.99. The lowest BCUT2D eigenvalue weighted by atomic mass is 10.1. The third-order valence-corrected chi connectivity index (χ3v) is 3.88. The zero-order chi connectivity index (χ0) is 12.8. The fourth-order valence-corrected chi connectivity index (χ4v) is 2.55. The number of nitrogens with zero attached hydrogens (tertiary/aromatic N) is 2. The summed E-state index contributed by atoms with van der Waals surface area (Å²) in [7, 11) is 2.10. The normalized spacial score (nSPS) is 17.5. The molecule has 1 fully saturated rings. The number of rotatable bonds is 2. The molecule has 19 heavy (non-hydrogen) atoms. The second-order valence-electron chi connectivity index (χ2n) is 4.98. The predicted octanol–water partition coefficient (Wildman–Crippen LogP) is 1.37. The molecule has 5 nitrogen and oxygen atoms in total. The van der Waals surface area contributed by atoms with E-state index in [-0.39, 0.29) is 0 Å². The highest BCUT2D eigenvalue weighted by molar-refractivity contribution is 5.94. The van der Waals surface area contributed by atoms with Crippen LogP contribution in [-0.4, -0.2) is 38.0 Å². The number of pyridine rings is 1. The monoisotopic (exact) mass is 257 g/mol. The molecule has 0 spiro atoms. The summed E-state index contributed by atoms with van der Waals surface area (Å²) in [4.78, 5) is 6.77. The minimum absolute atomic E-state index is 0.302. The number of benzene rings is 1. The van der Waals surface area contributed by atoms with Crippen LogP contribution in [0.1, 0.15) is 0 Å². The maximum Gasteiger partial charge on any atom is 0.231 e. The molecule has 0 saturated carbocycles. The molecule has 1 aromatic carbocycles. The van der Waals surface area contributed by atoms with Crippen LogP contribution in [0.25, 0.3) is 10.8 Å². The quantitative estimate of drug-likeness (QED) is 0.880. The summed E-state index contributed by atoms with van der Waals surface area (Å²) in [6.07, 6.45) is 1.85. The van der Waals surface area contributed by atoms with Crippen molar-refractivity contribution in [3.8, 4) is 11.5 Å². The average Bonchev–Trinajstić information content (AvgIpc) is 2.80. The molecule has 5 heteroatoms. The minimum Gasteiger partial charge on any atom is -0.454 e. The number of nitrogens with one attached hydrogen (secondary N) is 1. The van der Waals surface area contributed by atoms with E-state index >= 15 is 0 Å². The number of fused-ring (bicyclic) bond motifs is 2. The summed E-state index contributed by atoms with van der Waals surface area (Å²) in [6, 6.07) is 6.58. The van der Waals surface area contributed by atoms with Gasteiger partial charge in [0.05, 0.1) is 6.04 Å². The fraction of sp³-hybridized carbons (Fsp3) is 0.357. The Morgan fingerprint density at radius 3 is 2.79 bits per heavy atom. The topological polar surface area (TPSA) is 46.6 Å². The highest BCUT2D eigenvalue weighted by Crippen LogP contribution is 2.38. The standard InChI is InChI=1S/C14H15N3O2/c1-17(10-6-15-7-10)14-11-5-13-12(18-8-19-13)4-9(11)2-3-16-14/h2-5,10,15H,6-8H2,1H3. The first kappa shape index (κ1) is 10.9. The van der Waals surface area contributed by atoms with Crippen LogP contribution >= 0.6 is 0 Å². The number of hydrogen-bond acceptors (Lipinski definition) is 5. The van der Waals surface area contributed by atoms with E-state index in [4.69, 9.17) is 9.47 Å². The summed E-state index contributed by atoms with van der Waals surface area (Å²) < 4.78 is 10.9. The van der Waals surface area contributed by atoms with Crippen molar-refractivity contribution in [1.29, 1.82) is 0 Å². The highest BCUT2D eigenvalue weighted by atomic mass is 16.7. The van der Waals surface area contributed by atoms with Gasteiger partial charge in [-0.3, -0.25) is 0 Å². The number of anilines is 1. The summed E-state index contributed by atoms with van der Waals surface area (Å²) in [5.41, 5.74) is 0. The van der Waals surface area contributed by atoms with Gasteiger partial charge in [-0.25, -0.2) is 4.98 Å². The van der Waals surface area contributed by atoms with Crippen LogP contribution in [0, 0.1) is 0 Å². The predicted molar refractivity (Wildman–Crippen MR) is 72.9 cm³/mol. The first-order chi connectivity index (χ1) is 9.33. The van der Waals surface area contributed by atoms with Gasteiger partial charge in [0.1, 0.15) is 5.82 Å². The zero-order valence-electron chi connectivity index (χ0n) is 10.7. The van der Waals surface area contributed by atoms with E-state index in [9.17, 15) is 0 Å². The lowest BCUT2D eigenvalue weighted by Gasteiger charge is -2.36. The van der Waals surface area contributed by atoms with Gasteiger partial charge >= 0.3 is 0 Å². The van der Waals surface area contributed by atoms with Gasteiger partial charge in [-0.15, -0.1) is 0 Å². The lowest BCUT2D eigenvalue weighted by Crippen LogP contribution is -2.56. The van der Waals surface area contributed by atoms with Crippen LogP contribution in [0.5, 0.6) is 11.5 Å². The van der Waals surface area contributed by atoms with Crippen molar-refractivity contribution >= 4 is 16.6 Å². The smallest absolute Gasteiger partial charge is 0.231 e.